The molecule has 5 N–H and O–H groups in total. The minimum Gasteiger partial charge on any atom is -0.491 e. The van der Waals surface area contributed by atoms with Crippen molar-refractivity contribution < 1.29 is 20.5 Å². The van der Waals surface area contributed by atoms with Crippen LogP contribution >= 0.6 is 0 Å². The van der Waals surface area contributed by atoms with E-state index in [1.165, 1.54) is 5.56 Å². The standard InChI is InChI=1S/C18H24N2O2/c19-10-11-20-12-13-21-14-15-22-18-9-5-4-8-17(18)16-6-2-1-3-7-16/h1-9,20H,10-15,19H2/p+2. The van der Waals surface area contributed by atoms with Gasteiger partial charge in [0.15, 0.2) is 0 Å². The fourth-order valence-corrected chi connectivity index (χ4v) is 2.22. The van der Waals surface area contributed by atoms with E-state index in [0.717, 1.165) is 37.6 Å². The molecule has 118 valence electrons. The molecule has 0 fully saturated rings. The maximum absolute atomic E-state index is 5.87. The second-order valence-corrected chi connectivity index (χ2v) is 5.04. The minimum atomic E-state index is 0.569. The van der Waals surface area contributed by atoms with Crippen LogP contribution in [0.3, 0.4) is 0 Å². The molecule has 0 aromatic heterocycles. The van der Waals surface area contributed by atoms with Gasteiger partial charge >= 0.3 is 0 Å². The lowest BCUT2D eigenvalue weighted by Crippen LogP contribution is -2.88. The molecule has 0 spiro atoms. The van der Waals surface area contributed by atoms with Crippen molar-refractivity contribution in [3.8, 4) is 16.9 Å². The zero-order valence-corrected chi connectivity index (χ0v) is 13.0. The highest BCUT2D eigenvalue weighted by molar-refractivity contribution is 5.70. The van der Waals surface area contributed by atoms with Crippen LogP contribution in [-0.4, -0.2) is 39.5 Å². The van der Waals surface area contributed by atoms with Crippen LogP contribution in [0.2, 0.25) is 0 Å². The second kappa shape index (κ2) is 9.95. The van der Waals surface area contributed by atoms with E-state index >= 15 is 0 Å². The van der Waals surface area contributed by atoms with Gasteiger partial charge in [0.1, 0.15) is 25.4 Å². The van der Waals surface area contributed by atoms with Gasteiger partial charge in [0.25, 0.3) is 0 Å². The van der Waals surface area contributed by atoms with Gasteiger partial charge in [0.05, 0.1) is 19.8 Å². The van der Waals surface area contributed by atoms with Gasteiger partial charge in [-0.05, 0) is 11.6 Å². The molecule has 0 atom stereocenters. The van der Waals surface area contributed by atoms with Crippen molar-refractivity contribution in [2.75, 3.05) is 39.5 Å². The summed E-state index contributed by atoms with van der Waals surface area (Å²) in [5, 5.41) is 2.22. The molecule has 0 aliphatic carbocycles. The van der Waals surface area contributed by atoms with Crippen LogP contribution in [0, 0.1) is 0 Å². The van der Waals surface area contributed by atoms with E-state index in [9.17, 15) is 0 Å². The van der Waals surface area contributed by atoms with Crippen LogP contribution in [0.15, 0.2) is 54.6 Å². The number of ether oxygens (including phenoxy) is 2. The smallest absolute Gasteiger partial charge is 0.127 e. The highest BCUT2D eigenvalue weighted by atomic mass is 16.5. The van der Waals surface area contributed by atoms with E-state index in [1.54, 1.807) is 0 Å². The minimum absolute atomic E-state index is 0.569. The Kier molecular flexibility index (Phi) is 7.46. The summed E-state index contributed by atoms with van der Waals surface area (Å²) in [7, 11) is 0. The molecular formula is C18H26N2O2+2. The van der Waals surface area contributed by atoms with Crippen molar-refractivity contribution in [3.63, 3.8) is 0 Å². The molecule has 0 aliphatic heterocycles. The first-order chi connectivity index (χ1) is 10.9. The lowest BCUT2D eigenvalue weighted by Gasteiger charge is -2.11. The van der Waals surface area contributed by atoms with Gasteiger partial charge < -0.3 is 20.5 Å². The SMILES string of the molecule is [NH3+]CC[NH2+]CCOCCOc1ccccc1-c1ccccc1. The first kappa shape index (κ1) is 16.5. The summed E-state index contributed by atoms with van der Waals surface area (Å²) in [6.07, 6.45) is 0. The van der Waals surface area contributed by atoms with Crippen molar-refractivity contribution in [2.45, 2.75) is 0 Å². The van der Waals surface area contributed by atoms with E-state index < -0.39 is 0 Å². The van der Waals surface area contributed by atoms with E-state index in [4.69, 9.17) is 9.47 Å². The number of hydrogen-bond acceptors (Lipinski definition) is 2. The van der Waals surface area contributed by atoms with Gasteiger partial charge in [-0.2, -0.15) is 0 Å². The summed E-state index contributed by atoms with van der Waals surface area (Å²) < 4.78 is 11.4. The van der Waals surface area contributed by atoms with Crippen LogP contribution < -0.4 is 15.8 Å². The average Bonchev–Trinajstić information content (AvgIpc) is 2.58. The van der Waals surface area contributed by atoms with Gasteiger partial charge in [-0.1, -0.05) is 48.5 Å². The van der Waals surface area contributed by atoms with Crippen molar-refractivity contribution in [2.24, 2.45) is 0 Å². The number of quaternary nitrogens is 2. The zero-order chi connectivity index (χ0) is 15.5. The first-order valence-corrected chi connectivity index (χ1v) is 7.87. The van der Waals surface area contributed by atoms with E-state index in [2.05, 4.69) is 29.2 Å². The highest BCUT2D eigenvalue weighted by Crippen LogP contribution is 2.29. The largest absolute Gasteiger partial charge is 0.491 e. The molecule has 2 aromatic carbocycles. The number of nitrogens with two attached hydrogens (primary N) is 1. The molecule has 4 nitrogen and oxygen atoms in total. The Hall–Kier alpha value is -1.88. The van der Waals surface area contributed by atoms with Gasteiger partial charge in [-0.15, -0.1) is 0 Å². The number of hydrogen-bond donors (Lipinski definition) is 2. The Morgan fingerprint density at radius 3 is 2.41 bits per heavy atom. The van der Waals surface area contributed by atoms with Gasteiger partial charge in [0, 0.05) is 5.56 Å². The van der Waals surface area contributed by atoms with Crippen LogP contribution in [0.4, 0.5) is 0 Å². The second-order valence-electron chi connectivity index (χ2n) is 5.04. The average molecular weight is 302 g/mol. The van der Waals surface area contributed by atoms with Gasteiger partial charge in [0.2, 0.25) is 0 Å². The fourth-order valence-electron chi connectivity index (χ4n) is 2.22. The summed E-state index contributed by atoms with van der Waals surface area (Å²) in [5.41, 5.74) is 6.09. The summed E-state index contributed by atoms with van der Waals surface area (Å²) in [6, 6.07) is 18.4. The van der Waals surface area contributed by atoms with Crippen molar-refractivity contribution in [1.82, 2.24) is 0 Å². The lowest BCUT2D eigenvalue weighted by molar-refractivity contribution is -0.671. The van der Waals surface area contributed by atoms with Crippen LogP contribution in [0.25, 0.3) is 11.1 Å². The quantitative estimate of drug-likeness (QED) is 0.630. The Labute approximate surface area is 132 Å². The Bertz CT molecular complexity index is 532. The van der Waals surface area contributed by atoms with Crippen LogP contribution in [0.1, 0.15) is 0 Å². The fraction of sp³-hybridized carbons (Fsp3) is 0.333. The summed E-state index contributed by atoms with van der Waals surface area (Å²) in [5.74, 6) is 0.904. The Balaban J connectivity index is 1.77. The van der Waals surface area contributed by atoms with Crippen LogP contribution in [-0.2, 0) is 4.74 Å². The summed E-state index contributed by atoms with van der Waals surface area (Å²) >= 11 is 0. The summed E-state index contributed by atoms with van der Waals surface area (Å²) in [4.78, 5) is 0. The molecule has 0 saturated carbocycles. The van der Waals surface area contributed by atoms with Crippen molar-refractivity contribution >= 4 is 0 Å². The predicted molar refractivity (Wildman–Crippen MR) is 87.6 cm³/mol. The number of para-hydroxylation sites is 1. The molecule has 0 amide bonds. The van der Waals surface area contributed by atoms with Crippen molar-refractivity contribution in [3.05, 3.63) is 54.6 Å². The molecule has 0 bridgehead atoms. The van der Waals surface area contributed by atoms with Gasteiger partial charge in [-0.25, -0.2) is 0 Å². The Morgan fingerprint density at radius 1 is 0.818 bits per heavy atom. The predicted octanol–water partition coefficient (Wildman–Crippen LogP) is 0.554. The number of benzene rings is 2. The van der Waals surface area contributed by atoms with E-state index in [0.29, 0.717) is 13.2 Å². The third-order valence-corrected chi connectivity index (χ3v) is 3.33. The van der Waals surface area contributed by atoms with Crippen LogP contribution in [0.5, 0.6) is 5.75 Å². The van der Waals surface area contributed by atoms with Gasteiger partial charge in [-0.3, -0.25) is 0 Å². The molecule has 0 saturated heterocycles. The first-order valence-electron chi connectivity index (χ1n) is 7.87. The highest BCUT2D eigenvalue weighted by Gasteiger charge is 2.04. The molecule has 2 rings (SSSR count). The topological polar surface area (TPSA) is 62.7 Å². The molecule has 2 aromatic rings. The zero-order valence-electron chi connectivity index (χ0n) is 13.0. The number of rotatable bonds is 10. The molecule has 0 radical (unpaired) electrons. The third-order valence-electron chi connectivity index (χ3n) is 3.33. The molecule has 0 heterocycles. The Morgan fingerprint density at radius 2 is 1.59 bits per heavy atom. The monoisotopic (exact) mass is 302 g/mol. The maximum atomic E-state index is 5.87. The summed E-state index contributed by atoms with van der Waals surface area (Å²) in [6.45, 7) is 4.93. The molecule has 0 aliphatic rings. The maximum Gasteiger partial charge on any atom is 0.127 e. The third kappa shape index (κ3) is 5.48. The normalized spacial score (nSPS) is 10.6. The molecule has 4 heteroatoms. The van der Waals surface area contributed by atoms with Crippen molar-refractivity contribution in [1.29, 1.82) is 0 Å². The lowest BCUT2D eigenvalue weighted by atomic mass is 10.1. The molecule has 0 unspecified atom stereocenters. The van der Waals surface area contributed by atoms with E-state index in [-0.39, 0.29) is 0 Å². The molecule has 22 heavy (non-hydrogen) atoms. The molecular weight excluding hydrogens is 276 g/mol. The van der Waals surface area contributed by atoms with E-state index in [1.807, 2.05) is 36.4 Å².